The van der Waals surface area contributed by atoms with Gasteiger partial charge in [-0.25, -0.2) is 9.18 Å². The van der Waals surface area contributed by atoms with Gasteiger partial charge in [-0.05, 0) is 18.4 Å². The van der Waals surface area contributed by atoms with Crippen LogP contribution in [0.25, 0.3) is 0 Å². The topological polar surface area (TPSA) is 57.6 Å². The molecule has 1 saturated carbocycles. The first-order chi connectivity index (χ1) is 10.6. The zero-order valence-electron chi connectivity index (χ0n) is 12.6. The molecule has 4 nitrogen and oxygen atoms in total. The van der Waals surface area contributed by atoms with Gasteiger partial charge in [0.25, 0.3) is 0 Å². The van der Waals surface area contributed by atoms with Gasteiger partial charge in [-0.15, -0.1) is 0 Å². The van der Waals surface area contributed by atoms with Gasteiger partial charge in [-0.2, -0.15) is 0 Å². The molecular weight excluding hydrogens is 285 g/mol. The van der Waals surface area contributed by atoms with Gasteiger partial charge in [0.1, 0.15) is 17.7 Å². The lowest BCUT2D eigenvalue weighted by molar-refractivity contribution is -0.143. The van der Waals surface area contributed by atoms with Crippen molar-refractivity contribution in [1.82, 2.24) is 4.90 Å². The van der Waals surface area contributed by atoms with Gasteiger partial charge in [-0.3, -0.25) is 4.79 Å². The molecule has 1 N–H and O–H groups in total. The van der Waals surface area contributed by atoms with Gasteiger partial charge < -0.3 is 10.0 Å². The summed E-state index contributed by atoms with van der Waals surface area (Å²) in [6.45, 7) is 0.305. The highest BCUT2D eigenvalue weighted by atomic mass is 19.1. The molecule has 0 bridgehead atoms. The number of rotatable bonds is 4. The predicted octanol–water partition coefficient (Wildman–Crippen LogP) is 3.05. The second kappa shape index (κ2) is 6.23. The summed E-state index contributed by atoms with van der Waals surface area (Å²) < 4.78 is 13.9. The number of carboxylic acids is 1. The van der Waals surface area contributed by atoms with Gasteiger partial charge in [0.15, 0.2) is 0 Å². The Morgan fingerprint density at radius 2 is 2.09 bits per heavy atom. The fourth-order valence-electron chi connectivity index (χ4n) is 3.92. The summed E-state index contributed by atoms with van der Waals surface area (Å²) in [4.78, 5) is 25.3. The molecule has 0 amide bonds. The molecule has 0 aromatic heterocycles. The van der Waals surface area contributed by atoms with Gasteiger partial charge in [0.05, 0.1) is 5.92 Å². The summed E-state index contributed by atoms with van der Waals surface area (Å²) in [5.41, 5.74) is 0.367. The van der Waals surface area contributed by atoms with Crippen molar-refractivity contribution in [3.63, 3.8) is 0 Å². The molecule has 22 heavy (non-hydrogen) atoms. The molecule has 5 heteroatoms. The Morgan fingerprint density at radius 1 is 1.36 bits per heavy atom. The van der Waals surface area contributed by atoms with Crippen LogP contribution in [0.2, 0.25) is 0 Å². The number of allylic oxidation sites excluding steroid dienone is 2. The van der Waals surface area contributed by atoms with E-state index in [4.69, 9.17) is 0 Å². The first-order valence-corrected chi connectivity index (χ1v) is 8.15. The van der Waals surface area contributed by atoms with E-state index in [0.29, 0.717) is 24.5 Å². The molecule has 0 aromatic rings. The summed E-state index contributed by atoms with van der Waals surface area (Å²) in [5.74, 6) is -1.33. The van der Waals surface area contributed by atoms with Gasteiger partial charge in [0.2, 0.25) is 0 Å². The minimum Gasteiger partial charge on any atom is -0.480 e. The second-order valence-corrected chi connectivity index (χ2v) is 6.65. The van der Waals surface area contributed by atoms with E-state index in [2.05, 4.69) is 0 Å². The minimum atomic E-state index is -0.877. The molecule has 1 aliphatic heterocycles. The van der Waals surface area contributed by atoms with Crippen LogP contribution in [0.3, 0.4) is 0 Å². The first-order valence-electron chi connectivity index (χ1n) is 8.15. The predicted molar refractivity (Wildman–Crippen MR) is 79.7 cm³/mol. The first kappa shape index (κ1) is 15.3. The molecule has 0 saturated heterocycles. The summed E-state index contributed by atoms with van der Waals surface area (Å²) in [7, 11) is 0. The number of aliphatic carboxylic acids is 1. The van der Waals surface area contributed by atoms with Crippen molar-refractivity contribution in [1.29, 1.82) is 0 Å². The minimum absolute atomic E-state index is 0.0167. The number of Topliss-reactive ketones (excluding diaryl/α,β-unsaturated/α-hetero) is 1. The van der Waals surface area contributed by atoms with Crippen molar-refractivity contribution in [3.8, 4) is 0 Å². The number of ketones is 1. The van der Waals surface area contributed by atoms with Crippen LogP contribution in [-0.4, -0.2) is 34.3 Å². The molecule has 1 unspecified atom stereocenters. The van der Waals surface area contributed by atoms with Crippen LogP contribution >= 0.6 is 0 Å². The van der Waals surface area contributed by atoms with E-state index in [9.17, 15) is 19.1 Å². The zero-order chi connectivity index (χ0) is 15.7. The molecule has 2 aliphatic carbocycles. The van der Waals surface area contributed by atoms with E-state index in [1.54, 1.807) is 11.1 Å². The van der Waals surface area contributed by atoms with Crippen LogP contribution < -0.4 is 0 Å². The summed E-state index contributed by atoms with van der Waals surface area (Å²) in [6, 6.07) is -0.651. The van der Waals surface area contributed by atoms with Crippen molar-refractivity contribution < 1.29 is 19.1 Å². The smallest absolute Gasteiger partial charge is 0.326 e. The highest BCUT2D eigenvalue weighted by molar-refractivity contribution is 5.89. The van der Waals surface area contributed by atoms with Crippen molar-refractivity contribution >= 4 is 11.8 Å². The van der Waals surface area contributed by atoms with E-state index in [1.165, 1.54) is 12.5 Å². The number of hydrogen-bond donors (Lipinski definition) is 1. The largest absolute Gasteiger partial charge is 0.480 e. The lowest BCUT2D eigenvalue weighted by atomic mass is 9.84. The van der Waals surface area contributed by atoms with E-state index in [1.807, 2.05) is 0 Å². The molecule has 120 valence electrons. The van der Waals surface area contributed by atoms with Crippen LogP contribution in [0.5, 0.6) is 0 Å². The monoisotopic (exact) mass is 307 g/mol. The molecule has 1 fully saturated rings. The summed E-state index contributed by atoms with van der Waals surface area (Å²) in [5, 5.41) is 9.57. The van der Waals surface area contributed by atoms with Gasteiger partial charge in [0, 0.05) is 24.7 Å². The second-order valence-electron chi connectivity index (χ2n) is 6.65. The quantitative estimate of drug-likeness (QED) is 0.867. The van der Waals surface area contributed by atoms with Crippen molar-refractivity contribution in [3.05, 3.63) is 23.7 Å². The third-order valence-corrected chi connectivity index (χ3v) is 5.19. The van der Waals surface area contributed by atoms with Crippen molar-refractivity contribution in [2.75, 3.05) is 6.54 Å². The number of fused-ring (bicyclic) bond motifs is 1. The Hall–Kier alpha value is -1.65. The highest BCUT2D eigenvalue weighted by Crippen LogP contribution is 2.37. The maximum atomic E-state index is 13.9. The maximum Gasteiger partial charge on any atom is 0.326 e. The Labute approximate surface area is 129 Å². The average molecular weight is 307 g/mol. The third kappa shape index (κ3) is 2.94. The molecule has 3 aliphatic rings. The lowest BCUT2D eigenvalue weighted by Crippen LogP contribution is -2.40. The number of carbonyl (C=O) groups is 2. The molecule has 1 heterocycles. The average Bonchev–Trinajstić information content (AvgIpc) is 2.95. The van der Waals surface area contributed by atoms with E-state index in [0.717, 1.165) is 25.7 Å². The van der Waals surface area contributed by atoms with Gasteiger partial charge >= 0.3 is 5.97 Å². The van der Waals surface area contributed by atoms with Crippen LogP contribution in [0.15, 0.2) is 23.7 Å². The standard InChI is InChI=1S/C17H22FNO3/c18-14-6-7-16(20)13-10-19(9-12(13)14)15(17(21)22)8-11-4-2-1-3-5-11/h6,9,11,13,15H,1-5,7-8,10H2,(H,21,22)/t13?,15-/m0/s1. The normalized spacial score (nSPS) is 27.2. The fourth-order valence-corrected chi connectivity index (χ4v) is 3.92. The third-order valence-electron chi connectivity index (χ3n) is 5.19. The maximum absolute atomic E-state index is 13.9. The van der Waals surface area contributed by atoms with Crippen molar-refractivity contribution in [2.24, 2.45) is 11.8 Å². The highest BCUT2D eigenvalue weighted by Gasteiger charge is 2.39. The number of halogens is 1. The molecule has 0 radical (unpaired) electrons. The Kier molecular flexibility index (Phi) is 4.32. The number of carbonyl (C=O) groups excluding carboxylic acids is 1. The molecule has 2 atom stereocenters. The zero-order valence-corrected chi connectivity index (χ0v) is 12.6. The van der Waals surface area contributed by atoms with Gasteiger partial charge in [-0.1, -0.05) is 32.1 Å². The fraction of sp³-hybridized carbons (Fsp3) is 0.647. The van der Waals surface area contributed by atoms with Crippen molar-refractivity contribution in [2.45, 2.75) is 51.0 Å². The Bertz CT molecular complexity index is 534. The van der Waals surface area contributed by atoms with Crippen LogP contribution in [0.1, 0.15) is 44.9 Å². The number of hydrogen-bond acceptors (Lipinski definition) is 3. The van der Waals surface area contributed by atoms with E-state index < -0.39 is 17.9 Å². The summed E-state index contributed by atoms with van der Waals surface area (Å²) in [6.07, 6.45) is 9.27. The van der Waals surface area contributed by atoms with E-state index in [-0.39, 0.29) is 18.0 Å². The van der Waals surface area contributed by atoms with Crippen LogP contribution in [0.4, 0.5) is 4.39 Å². The van der Waals surface area contributed by atoms with Crippen LogP contribution in [-0.2, 0) is 9.59 Å². The molecule has 3 rings (SSSR count). The number of nitrogens with zero attached hydrogens (tertiary/aromatic N) is 1. The SMILES string of the molecule is O=C1CC=C(F)C2=CN([C@@H](CC3CCCCC3)C(=O)O)CC12. The van der Waals surface area contributed by atoms with E-state index >= 15 is 0 Å². The molecule has 0 aromatic carbocycles. The molecule has 0 spiro atoms. The summed E-state index contributed by atoms with van der Waals surface area (Å²) >= 11 is 0. The Morgan fingerprint density at radius 3 is 2.73 bits per heavy atom. The molecular formula is C17H22FNO3. The Balaban J connectivity index is 1.74. The number of carboxylic acid groups (broad SMARTS) is 1. The lowest BCUT2D eigenvalue weighted by Gasteiger charge is -2.30. The van der Waals surface area contributed by atoms with Crippen LogP contribution in [0, 0.1) is 11.8 Å².